The molecule has 1 aliphatic heterocycles. The second-order valence-electron chi connectivity index (χ2n) is 5.91. The van der Waals surface area contributed by atoms with Crippen LogP contribution in [0.3, 0.4) is 0 Å². The van der Waals surface area contributed by atoms with Gasteiger partial charge in [-0.1, -0.05) is 0 Å². The molecule has 26 heavy (non-hydrogen) atoms. The van der Waals surface area contributed by atoms with Crippen molar-refractivity contribution >= 4 is 5.78 Å². The van der Waals surface area contributed by atoms with Gasteiger partial charge in [0.25, 0.3) is 0 Å². The van der Waals surface area contributed by atoms with Gasteiger partial charge in [0.1, 0.15) is 24.1 Å². The molecule has 1 heterocycles. The van der Waals surface area contributed by atoms with Gasteiger partial charge < -0.3 is 24.8 Å². The lowest BCUT2D eigenvalue weighted by Gasteiger charge is -2.34. The summed E-state index contributed by atoms with van der Waals surface area (Å²) in [7, 11) is 0. The van der Waals surface area contributed by atoms with E-state index < -0.39 is 24.6 Å². The van der Waals surface area contributed by atoms with E-state index in [0.29, 0.717) is 22.4 Å². The van der Waals surface area contributed by atoms with Crippen molar-refractivity contribution in [2.45, 2.75) is 24.6 Å². The van der Waals surface area contributed by atoms with E-state index >= 15 is 0 Å². The van der Waals surface area contributed by atoms with Crippen LogP contribution in [0.25, 0.3) is 0 Å². The van der Waals surface area contributed by atoms with Crippen molar-refractivity contribution in [1.82, 2.24) is 0 Å². The van der Waals surface area contributed by atoms with Gasteiger partial charge in [0.15, 0.2) is 5.78 Å². The van der Waals surface area contributed by atoms with E-state index in [4.69, 9.17) is 14.7 Å². The Hall–Kier alpha value is -2.76. The molecular weight excluding hydrogens is 338 g/mol. The highest BCUT2D eigenvalue weighted by Gasteiger charge is 2.38. The summed E-state index contributed by atoms with van der Waals surface area (Å²) >= 11 is 0. The summed E-state index contributed by atoms with van der Waals surface area (Å²) in [4.78, 5) is 12.4. The smallest absolute Gasteiger partial charge is 0.228 e. The third-order valence-electron chi connectivity index (χ3n) is 4.10. The summed E-state index contributed by atoms with van der Waals surface area (Å²) in [6.07, 6.45) is -5.03. The highest BCUT2D eigenvalue weighted by atomic mass is 16.7. The predicted molar refractivity (Wildman–Crippen MR) is 89.4 cm³/mol. The standard InChI is InChI=1S/C19H17NO6/c20-9-11-1-3-12(4-2-11)16(22)13-5-7-14(8-6-13)26-19-18(24)17(23)15(21)10-25-19/h1-8,15,17-19,21,23-24H,10H2/t15-,17+,18-,19?/m1/s1. The first kappa shape index (κ1) is 18.0. The molecular formula is C19H17NO6. The van der Waals surface area contributed by atoms with Gasteiger partial charge >= 0.3 is 0 Å². The fraction of sp³-hybridized carbons (Fsp3) is 0.263. The van der Waals surface area contributed by atoms with Gasteiger partial charge in [0, 0.05) is 11.1 Å². The van der Waals surface area contributed by atoms with Crippen molar-refractivity contribution in [2.24, 2.45) is 0 Å². The fourth-order valence-electron chi connectivity index (χ4n) is 2.56. The SMILES string of the molecule is N#Cc1ccc(C(=O)c2ccc(OC3OC[C@@H](O)[C@H](O)[C@H]3O)cc2)cc1. The molecule has 0 aromatic heterocycles. The van der Waals surface area contributed by atoms with Crippen LogP contribution in [0.5, 0.6) is 5.75 Å². The highest BCUT2D eigenvalue weighted by molar-refractivity contribution is 6.09. The number of hydrogen-bond acceptors (Lipinski definition) is 7. The second kappa shape index (κ2) is 7.64. The monoisotopic (exact) mass is 355 g/mol. The molecule has 7 nitrogen and oxygen atoms in total. The number of rotatable bonds is 4. The number of ketones is 1. The minimum Gasteiger partial charge on any atom is -0.462 e. The first-order valence-corrected chi connectivity index (χ1v) is 7.97. The normalized spacial score (nSPS) is 25.3. The molecule has 134 valence electrons. The second-order valence-corrected chi connectivity index (χ2v) is 5.91. The van der Waals surface area contributed by atoms with Crippen LogP contribution in [0.4, 0.5) is 0 Å². The third kappa shape index (κ3) is 3.74. The van der Waals surface area contributed by atoms with E-state index in [2.05, 4.69) is 0 Å². The van der Waals surface area contributed by atoms with E-state index in [9.17, 15) is 20.1 Å². The quantitative estimate of drug-likeness (QED) is 0.687. The number of carbonyl (C=O) groups excluding carboxylic acids is 1. The molecule has 1 unspecified atom stereocenters. The number of nitrogens with zero attached hydrogens (tertiary/aromatic N) is 1. The zero-order valence-corrected chi connectivity index (χ0v) is 13.6. The minimum absolute atomic E-state index is 0.155. The Kier molecular flexibility index (Phi) is 5.30. The predicted octanol–water partition coefficient (Wildman–Crippen LogP) is 0.607. The zero-order chi connectivity index (χ0) is 18.7. The number of ether oxygens (including phenoxy) is 2. The molecule has 0 saturated carbocycles. The van der Waals surface area contributed by atoms with Gasteiger partial charge in [-0.3, -0.25) is 4.79 Å². The number of benzene rings is 2. The summed E-state index contributed by atoms with van der Waals surface area (Å²) in [5.41, 5.74) is 1.37. The van der Waals surface area contributed by atoms with Crippen LogP contribution in [0.15, 0.2) is 48.5 Å². The Balaban J connectivity index is 1.68. The molecule has 3 rings (SSSR count). The molecule has 0 bridgehead atoms. The van der Waals surface area contributed by atoms with Crippen LogP contribution in [-0.4, -0.2) is 52.3 Å². The molecule has 1 saturated heterocycles. The minimum atomic E-state index is -1.39. The molecule has 0 radical (unpaired) electrons. The van der Waals surface area contributed by atoms with Crippen molar-refractivity contribution in [3.8, 4) is 11.8 Å². The Bertz CT molecular complexity index is 811. The Labute approximate surface area is 149 Å². The molecule has 3 N–H and O–H groups in total. The first-order chi connectivity index (χ1) is 12.5. The number of nitriles is 1. The van der Waals surface area contributed by atoms with E-state index in [1.807, 2.05) is 6.07 Å². The zero-order valence-electron chi connectivity index (χ0n) is 13.6. The Morgan fingerprint density at radius 3 is 2.15 bits per heavy atom. The largest absolute Gasteiger partial charge is 0.462 e. The van der Waals surface area contributed by atoms with Gasteiger partial charge in [-0.05, 0) is 48.5 Å². The third-order valence-corrected chi connectivity index (χ3v) is 4.10. The van der Waals surface area contributed by atoms with Crippen molar-refractivity contribution in [3.05, 3.63) is 65.2 Å². The average molecular weight is 355 g/mol. The molecule has 2 aromatic rings. The maximum Gasteiger partial charge on any atom is 0.228 e. The molecule has 0 aliphatic carbocycles. The van der Waals surface area contributed by atoms with E-state index in [0.717, 1.165) is 0 Å². The fourth-order valence-corrected chi connectivity index (χ4v) is 2.56. The van der Waals surface area contributed by atoms with Gasteiger partial charge in [0.2, 0.25) is 6.29 Å². The lowest BCUT2D eigenvalue weighted by atomic mass is 10.0. The Morgan fingerprint density at radius 2 is 1.58 bits per heavy atom. The lowest BCUT2D eigenvalue weighted by molar-refractivity contribution is -0.242. The lowest BCUT2D eigenvalue weighted by Crippen LogP contribution is -2.54. The number of aliphatic hydroxyl groups is 3. The topological polar surface area (TPSA) is 120 Å². The van der Waals surface area contributed by atoms with E-state index in [1.54, 1.807) is 48.5 Å². The summed E-state index contributed by atoms with van der Waals surface area (Å²) in [6, 6.07) is 14.5. The Morgan fingerprint density at radius 1 is 1.00 bits per heavy atom. The molecule has 0 amide bonds. The van der Waals surface area contributed by atoms with Crippen LogP contribution < -0.4 is 4.74 Å². The summed E-state index contributed by atoms with van der Waals surface area (Å²) in [5, 5.41) is 37.7. The maximum absolute atomic E-state index is 12.4. The van der Waals surface area contributed by atoms with Crippen molar-refractivity contribution in [2.75, 3.05) is 6.61 Å². The summed E-state index contributed by atoms with van der Waals surface area (Å²) < 4.78 is 10.6. The van der Waals surface area contributed by atoms with Gasteiger partial charge in [-0.25, -0.2) is 0 Å². The number of hydrogen-bond donors (Lipinski definition) is 3. The first-order valence-electron chi connectivity index (χ1n) is 7.97. The van der Waals surface area contributed by atoms with Crippen LogP contribution in [0.1, 0.15) is 21.5 Å². The summed E-state index contributed by atoms with van der Waals surface area (Å²) in [6.45, 7) is -0.155. The van der Waals surface area contributed by atoms with Gasteiger partial charge in [0.05, 0.1) is 18.2 Å². The maximum atomic E-state index is 12.4. The average Bonchev–Trinajstić information content (AvgIpc) is 2.68. The highest BCUT2D eigenvalue weighted by Crippen LogP contribution is 2.22. The number of carbonyl (C=O) groups is 1. The van der Waals surface area contributed by atoms with Crippen molar-refractivity contribution in [3.63, 3.8) is 0 Å². The molecule has 4 atom stereocenters. The molecule has 2 aromatic carbocycles. The van der Waals surface area contributed by atoms with Crippen LogP contribution in [0, 0.1) is 11.3 Å². The van der Waals surface area contributed by atoms with Crippen LogP contribution in [-0.2, 0) is 4.74 Å². The molecule has 0 spiro atoms. The van der Waals surface area contributed by atoms with E-state index in [1.165, 1.54) is 0 Å². The molecule has 1 fully saturated rings. The molecule has 7 heteroatoms. The van der Waals surface area contributed by atoms with Crippen LogP contribution >= 0.6 is 0 Å². The van der Waals surface area contributed by atoms with Gasteiger partial charge in [-0.15, -0.1) is 0 Å². The van der Waals surface area contributed by atoms with Crippen molar-refractivity contribution in [1.29, 1.82) is 5.26 Å². The van der Waals surface area contributed by atoms with Crippen LogP contribution in [0.2, 0.25) is 0 Å². The van der Waals surface area contributed by atoms with Gasteiger partial charge in [-0.2, -0.15) is 5.26 Å². The molecule has 1 aliphatic rings. The number of aliphatic hydroxyl groups excluding tert-OH is 3. The summed E-state index contributed by atoms with van der Waals surface area (Å²) in [5.74, 6) is 0.141. The van der Waals surface area contributed by atoms with Crippen molar-refractivity contribution < 1.29 is 29.6 Å². The van der Waals surface area contributed by atoms with E-state index in [-0.39, 0.29) is 12.4 Å².